The van der Waals surface area contributed by atoms with E-state index in [9.17, 15) is 0 Å². The molecule has 2 atom stereocenters. The van der Waals surface area contributed by atoms with E-state index >= 15 is 0 Å². The molecule has 0 radical (unpaired) electrons. The third-order valence-corrected chi connectivity index (χ3v) is 4.39. The lowest BCUT2D eigenvalue weighted by molar-refractivity contribution is -0.0545. The number of benzene rings is 1. The van der Waals surface area contributed by atoms with Gasteiger partial charge in [0.2, 0.25) is 0 Å². The smallest absolute Gasteiger partial charge is 0.133 e. The van der Waals surface area contributed by atoms with Crippen molar-refractivity contribution in [2.75, 3.05) is 6.54 Å². The Labute approximate surface area is 112 Å². The van der Waals surface area contributed by atoms with Gasteiger partial charge in [-0.3, -0.25) is 0 Å². The lowest BCUT2D eigenvalue weighted by atomic mass is 9.64. The number of rotatable bonds is 4. The number of para-hydroxylation sites is 1. The molecule has 2 unspecified atom stereocenters. The summed E-state index contributed by atoms with van der Waals surface area (Å²) in [5.41, 5.74) is 0.200. The molecule has 0 bridgehead atoms. The second-order valence-electron chi connectivity index (χ2n) is 5.20. The minimum atomic E-state index is 0.200. The highest BCUT2D eigenvalue weighted by atomic mass is 79.9. The first-order valence-corrected chi connectivity index (χ1v) is 6.99. The van der Waals surface area contributed by atoms with Crippen LogP contribution in [0.1, 0.15) is 27.2 Å². The molecule has 0 saturated heterocycles. The fourth-order valence-corrected chi connectivity index (χ4v) is 2.75. The zero-order chi connectivity index (χ0) is 12.5. The zero-order valence-corrected chi connectivity index (χ0v) is 12.3. The van der Waals surface area contributed by atoms with Crippen LogP contribution in [0.25, 0.3) is 0 Å². The average molecular weight is 298 g/mol. The van der Waals surface area contributed by atoms with Gasteiger partial charge in [0.15, 0.2) is 0 Å². The molecule has 1 aromatic carbocycles. The summed E-state index contributed by atoms with van der Waals surface area (Å²) < 4.78 is 7.12. The molecule has 1 aromatic rings. The molecule has 1 aliphatic carbocycles. The van der Waals surface area contributed by atoms with Crippen molar-refractivity contribution in [2.24, 2.45) is 5.41 Å². The second-order valence-corrected chi connectivity index (χ2v) is 6.06. The maximum absolute atomic E-state index is 6.09. The van der Waals surface area contributed by atoms with Crippen LogP contribution in [0.15, 0.2) is 28.7 Å². The third-order valence-electron chi connectivity index (χ3n) is 3.73. The molecule has 0 spiro atoms. The number of ether oxygens (including phenoxy) is 1. The number of hydrogen-bond acceptors (Lipinski definition) is 2. The highest BCUT2D eigenvalue weighted by molar-refractivity contribution is 9.10. The van der Waals surface area contributed by atoms with Gasteiger partial charge in [0.25, 0.3) is 0 Å². The molecule has 1 fully saturated rings. The van der Waals surface area contributed by atoms with Gasteiger partial charge in [-0.05, 0) is 34.6 Å². The van der Waals surface area contributed by atoms with Gasteiger partial charge < -0.3 is 10.1 Å². The lowest BCUT2D eigenvalue weighted by Gasteiger charge is -2.51. The Hall–Kier alpha value is -0.540. The van der Waals surface area contributed by atoms with E-state index in [1.807, 2.05) is 24.3 Å². The van der Waals surface area contributed by atoms with Crippen LogP contribution in [0.4, 0.5) is 0 Å². The molecule has 17 heavy (non-hydrogen) atoms. The van der Waals surface area contributed by atoms with E-state index in [-0.39, 0.29) is 5.41 Å². The molecule has 2 rings (SSSR count). The summed E-state index contributed by atoms with van der Waals surface area (Å²) in [6, 6.07) is 8.61. The first-order valence-electron chi connectivity index (χ1n) is 6.20. The highest BCUT2D eigenvalue weighted by Gasteiger charge is 2.49. The summed E-state index contributed by atoms with van der Waals surface area (Å²) in [6.07, 6.45) is 1.38. The molecule has 0 aliphatic heterocycles. The average Bonchev–Trinajstić information content (AvgIpc) is 2.30. The monoisotopic (exact) mass is 297 g/mol. The van der Waals surface area contributed by atoms with Gasteiger partial charge in [-0.2, -0.15) is 0 Å². The van der Waals surface area contributed by atoms with Gasteiger partial charge in [0, 0.05) is 17.9 Å². The van der Waals surface area contributed by atoms with Crippen LogP contribution < -0.4 is 10.1 Å². The minimum Gasteiger partial charge on any atom is -0.489 e. The predicted octanol–water partition coefficient (Wildman–Crippen LogP) is 3.60. The Morgan fingerprint density at radius 3 is 2.71 bits per heavy atom. The molecule has 2 nitrogen and oxygen atoms in total. The fraction of sp³-hybridized carbons (Fsp3) is 0.571. The minimum absolute atomic E-state index is 0.200. The molecule has 1 N–H and O–H groups in total. The van der Waals surface area contributed by atoms with Gasteiger partial charge >= 0.3 is 0 Å². The van der Waals surface area contributed by atoms with Crippen LogP contribution in [0.3, 0.4) is 0 Å². The van der Waals surface area contributed by atoms with Crippen molar-refractivity contribution in [3.05, 3.63) is 28.7 Å². The normalized spacial score (nSPS) is 26.4. The SMILES string of the molecule is CCNC1CC(Oc2ccccc2Br)C1(C)C. The Balaban J connectivity index is 2.01. The third kappa shape index (κ3) is 2.50. The Bertz CT molecular complexity index is 392. The van der Waals surface area contributed by atoms with E-state index in [1.165, 1.54) is 0 Å². The number of nitrogens with one attached hydrogen (secondary N) is 1. The quantitative estimate of drug-likeness (QED) is 0.917. The van der Waals surface area contributed by atoms with E-state index in [4.69, 9.17) is 4.74 Å². The van der Waals surface area contributed by atoms with Crippen LogP contribution in [0.5, 0.6) is 5.75 Å². The van der Waals surface area contributed by atoms with Gasteiger partial charge in [0.1, 0.15) is 11.9 Å². The largest absolute Gasteiger partial charge is 0.489 e. The van der Waals surface area contributed by atoms with Crippen molar-refractivity contribution in [3.8, 4) is 5.75 Å². The highest BCUT2D eigenvalue weighted by Crippen LogP contribution is 2.43. The van der Waals surface area contributed by atoms with Crippen molar-refractivity contribution in [1.29, 1.82) is 0 Å². The second kappa shape index (κ2) is 4.99. The van der Waals surface area contributed by atoms with Crippen LogP contribution in [0.2, 0.25) is 0 Å². The molecule has 1 aliphatic rings. The summed E-state index contributed by atoms with van der Waals surface area (Å²) in [5.74, 6) is 0.945. The lowest BCUT2D eigenvalue weighted by Crippen LogP contribution is -2.62. The van der Waals surface area contributed by atoms with Crippen molar-refractivity contribution in [1.82, 2.24) is 5.32 Å². The van der Waals surface area contributed by atoms with E-state index in [2.05, 4.69) is 42.0 Å². The van der Waals surface area contributed by atoms with Crippen molar-refractivity contribution < 1.29 is 4.74 Å². The van der Waals surface area contributed by atoms with E-state index in [0.717, 1.165) is 23.2 Å². The standard InChI is InChI=1S/C14H20BrNO/c1-4-16-12-9-13(14(12,2)3)17-11-8-6-5-7-10(11)15/h5-8,12-13,16H,4,9H2,1-3H3. The summed E-state index contributed by atoms with van der Waals surface area (Å²) in [4.78, 5) is 0. The summed E-state index contributed by atoms with van der Waals surface area (Å²) >= 11 is 3.52. The van der Waals surface area contributed by atoms with Crippen molar-refractivity contribution in [2.45, 2.75) is 39.3 Å². The topological polar surface area (TPSA) is 21.3 Å². The van der Waals surface area contributed by atoms with Crippen LogP contribution in [-0.4, -0.2) is 18.7 Å². The molecule has 0 aromatic heterocycles. The van der Waals surface area contributed by atoms with Gasteiger partial charge in [-0.25, -0.2) is 0 Å². The van der Waals surface area contributed by atoms with E-state index in [1.54, 1.807) is 0 Å². The Morgan fingerprint density at radius 2 is 2.12 bits per heavy atom. The van der Waals surface area contributed by atoms with Crippen LogP contribution in [0, 0.1) is 5.41 Å². The van der Waals surface area contributed by atoms with Gasteiger partial charge in [0.05, 0.1) is 4.47 Å². The Morgan fingerprint density at radius 1 is 1.41 bits per heavy atom. The van der Waals surface area contributed by atoms with Gasteiger partial charge in [-0.1, -0.05) is 32.9 Å². The molecule has 0 amide bonds. The predicted molar refractivity (Wildman–Crippen MR) is 74.4 cm³/mol. The fourth-order valence-electron chi connectivity index (χ4n) is 2.37. The zero-order valence-electron chi connectivity index (χ0n) is 10.7. The van der Waals surface area contributed by atoms with Crippen molar-refractivity contribution in [3.63, 3.8) is 0 Å². The molecule has 1 saturated carbocycles. The first kappa shape index (κ1) is 12.9. The molecular weight excluding hydrogens is 278 g/mol. The Kier molecular flexibility index (Phi) is 3.79. The number of hydrogen-bond donors (Lipinski definition) is 1. The van der Waals surface area contributed by atoms with Crippen LogP contribution >= 0.6 is 15.9 Å². The molecule has 0 heterocycles. The van der Waals surface area contributed by atoms with Crippen molar-refractivity contribution >= 4 is 15.9 Å². The molecular formula is C14H20BrNO. The summed E-state index contributed by atoms with van der Waals surface area (Å²) in [7, 11) is 0. The first-order chi connectivity index (χ1) is 8.05. The maximum atomic E-state index is 6.09. The maximum Gasteiger partial charge on any atom is 0.133 e. The van der Waals surface area contributed by atoms with Gasteiger partial charge in [-0.15, -0.1) is 0 Å². The van der Waals surface area contributed by atoms with Crippen LogP contribution in [-0.2, 0) is 0 Å². The number of halogens is 1. The van der Waals surface area contributed by atoms with E-state index < -0.39 is 0 Å². The molecule has 94 valence electrons. The molecule has 3 heteroatoms. The van der Waals surface area contributed by atoms with E-state index in [0.29, 0.717) is 12.1 Å². The summed E-state index contributed by atoms with van der Waals surface area (Å²) in [5, 5.41) is 3.51. The summed E-state index contributed by atoms with van der Waals surface area (Å²) in [6.45, 7) is 7.71.